The molecule has 20 heavy (non-hydrogen) atoms. The second-order valence-electron chi connectivity index (χ2n) is 5.26. The van der Waals surface area contributed by atoms with Crippen LogP contribution in [0.4, 0.5) is 5.82 Å². The molecule has 1 saturated heterocycles. The molecule has 1 aromatic rings. The minimum absolute atomic E-state index is 0.170. The molecule has 0 atom stereocenters. The van der Waals surface area contributed by atoms with Crippen LogP contribution in [-0.4, -0.2) is 60.2 Å². The monoisotopic (exact) mass is 276 g/mol. The molecule has 6 nitrogen and oxygen atoms in total. The standard InChI is InChI=1S/C14H20N4O2/c1-11-12-2-3-13(19)18(14(12)16-10-15-11)5-4-17-6-8-20-9-7-17/h10H,2-9H2,1H3. The van der Waals surface area contributed by atoms with Crippen LogP contribution in [0.1, 0.15) is 17.7 Å². The van der Waals surface area contributed by atoms with Gasteiger partial charge in [0.15, 0.2) is 0 Å². The summed E-state index contributed by atoms with van der Waals surface area (Å²) in [5.74, 6) is 0.978. The van der Waals surface area contributed by atoms with E-state index in [2.05, 4.69) is 14.9 Å². The summed E-state index contributed by atoms with van der Waals surface area (Å²) in [7, 11) is 0. The molecule has 2 aliphatic heterocycles. The van der Waals surface area contributed by atoms with E-state index in [1.807, 2.05) is 11.8 Å². The number of carbonyl (C=O) groups is 1. The number of aryl methyl sites for hydroxylation is 1. The van der Waals surface area contributed by atoms with Gasteiger partial charge >= 0.3 is 0 Å². The van der Waals surface area contributed by atoms with Gasteiger partial charge in [-0.3, -0.25) is 14.6 Å². The van der Waals surface area contributed by atoms with Crippen LogP contribution in [0.2, 0.25) is 0 Å². The van der Waals surface area contributed by atoms with E-state index in [-0.39, 0.29) is 5.91 Å². The van der Waals surface area contributed by atoms with Crippen molar-refractivity contribution in [2.75, 3.05) is 44.3 Å². The van der Waals surface area contributed by atoms with E-state index in [0.29, 0.717) is 13.0 Å². The van der Waals surface area contributed by atoms with E-state index in [0.717, 1.165) is 56.3 Å². The Bertz CT molecular complexity index is 500. The molecule has 3 heterocycles. The number of morpholine rings is 1. The summed E-state index contributed by atoms with van der Waals surface area (Å²) in [4.78, 5) is 24.9. The number of ether oxygens (including phenoxy) is 1. The number of amides is 1. The maximum Gasteiger partial charge on any atom is 0.228 e. The van der Waals surface area contributed by atoms with Crippen LogP contribution in [0.5, 0.6) is 0 Å². The minimum atomic E-state index is 0.170. The second kappa shape index (κ2) is 5.85. The first-order valence-electron chi connectivity index (χ1n) is 7.16. The SMILES string of the molecule is Cc1ncnc2c1CCC(=O)N2CCN1CCOCC1. The van der Waals surface area contributed by atoms with Crippen molar-refractivity contribution in [2.24, 2.45) is 0 Å². The van der Waals surface area contributed by atoms with Gasteiger partial charge in [0, 0.05) is 43.9 Å². The fourth-order valence-corrected chi connectivity index (χ4v) is 2.79. The topological polar surface area (TPSA) is 58.6 Å². The molecule has 0 bridgehead atoms. The maximum absolute atomic E-state index is 12.2. The molecular weight excluding hydrogens is 256 g/mol. The van der Waals surface area contributed by atoms with Crippen LogP contribution >= 0.6 is 0 Å². The fraction of sp³-hybridized carbons (Fsp3) is 0.643. The molecule has 0 N–H and O–H groups in total. The summed E-state index contributed by atoms with van der Waals surface area (Å²) in [5.41, 5.74) is 2.10. The van der Waals surface area contributed by atoms with Crippen LogP contribution in [0.15, 0.2) is 6.33 Å². The average Bonchev–Trinajstić information content (AvgIpc) is 2.47. The van der Waals surface area contributed by atoms with Crippen LogP contribution < -0.4 is 4.90 Å². The summed E-state index contributed by atoms with van der Waals surface area (Å²) < 4.78 is 5.34. The zero-order chi connectivity index (χ0) is 13.9. The Morgan fingerprint density at radius 2 is 2.00 bits per heavy atom. The number of rotatable bonds is 3. The van der Waals surface area contributed by atoms with Crippen LogP contribution in [-0.2, 0) is 16.0 Å². The zero-order valence-electron chi connectivity index (χ0n) is 11.8. The van der Waals surface area contributed by atoms with E-state index in [1.54, 1.807) is 6.33 Å². The van der Waals surface area contributed by atoms with E-state index in [9.17, 15) is 4.79 Å². The summed E-state index contributed by atoms with van der Waals surface area (Å²) in [6.45, 7) is 7.00. The molecule has 0 saturated carbocycles. The van der Waals surface area contributed by atoms with E-state index >= 15 is 0 Å². The Labute approximate surface area is 118 Å². The van der Waals surface area contributed by atoms with Crippen molar-refractivity contribution in [1.82, 2.24) is 14.9 Å². The largest absolute Gasteiger partial charge is 0.379 e. The lowest BCUT2D eigenvalue weighted by atomic mass is 10.0. The van der Waals surface area contributed by atoms with Gasteiger partial charge in [0.2, 0.25) is 5.91 Å². The fourth-order valence-electron chi connectivity index (χ4n) is 2.79. The van der Waals surface area contributed by atoms with Crippen LogP contribution in [0.25, 0.3) is 0 Å². The van der Waals surface area contributed by atoms with E-state index in [1.165, 1.54) is 0 Å². The predicted octanol–water partition coefficient (Wildman–Crippen LogP) is 0.396. The molecule has 6 heteroatoms. The van der Waals surface area contributed by atoms with Gasteiger partial charge in [0.05, 0.1) is 13.2 Å². The third-order valence-electron chi connectivity index (χ3n) is 4.03. The number of nitrogens with zero attached hydrogens (tertiary/aromatic N) is 4. The first-order valence-corrected chi connectivity index (χ1v) is 7.16. The van der Waals surface area contributed by atoms with Crippen LogP contribution in [0.3, 0.4) is 0 Å². The molecule has 1 amide bonds. The van der Waals surface area contributed by atoms with Crippen molar-refractivity contribution < 1.29 is 9.53 Å². The Morgan fingerprint density at radius 1 is 1.20 bits per heavy atom. The normalized spacial score (nSPS) is 20.1. The first kappa shape index (κ1) is 13.5. The minimum Gasteiger partial charge on any atom is -0.379 e. The molecule has 1 aromatic heterocycles. The molecule has 1 fully saturated rings. The zero-order valence-corrected chi connectivity index (χ0v) is 11.8. The van der Waals surface area contributed by atoms with Gasteiger partial charge in [0.1, 0.15) is 12.1 Å². The maximum atomic E-state index is 12.2. The molecule has 0 radical (unpaired) electrons. The van der Waals surface area contributed by atoms with E-state index < -0.39 is 0 Å². The summed E-state index contributed by atoms with van der Waals surface area (Å²) >= 11 is 0. The van der Waals surface area contributed by atoms with Crippen molar-refractivity contribution in [2.45, 2.75) is 19.8 Å². The van der Waals surface area contributed by atoms with Gasteiger partial charge in [-0.05, 0) is 13.3 Å². The Hall–Kier alpha value is -1.53. The lowest BCUT2D eigenvalue weighted by molar-refractivity contribution is -0.119. The molecule has 0 spiro atoms. The van der Waals surface area contributed by atoms with E-state index in [4.69, 9.17) is 4.74 Å². The van der Waals surface area contributed by atoms with Crippen LogP contribution in [0, 0.1) is 6.92 Å². The third-order valence-corrected chi connectivity index (χ3v) is 4.03. The van der Waals surface area contributed by atoms with Crippen molar-refractivity contribution in [3.05, 3.63) is 17.6 Å². The van der Waals surface area contributed by atoms with Gasteiger partial charge < -0.3 is 4.74 Å². The first-order chi connectivity index (χ1) is 9.75. The number of aromatic nitrogens is 2. The smallest absolute Gasteiger partial charge is 0.228 e. The summed E-state index contributed by atoms with van der Waals surface area (Å²) in [6, 6.07) is 0. The molecule has 108 valence electrons. The Balaban J connectivity index is 1.72. The van der Waals surface area contributed by atoms with Gasteiger partial charge in [-0.25, -0.2) is 9.97 Å². The lowest BCUT2D eigenvalue weighted by Gasteiger charge is -2.32. The molecule has 0 aromatic carbocycles. The van der Waals surface area contributed by atoms with Crippen molar-refractivity contribution in [3.8, 4) is 0 Å². The van der Waals surface area contributed by atoms with Gasteiger partial charge in [0.25, 0.3) is 0 Å². The molecule has 0 aliphatic carbocycles. The number of carbonyl (C=O) groups excluding carboxylic acids is 1. The highest BCUT2D eigenvalue weighted by Crippen LogP contribution is 2.26. The average molecular weight is 276 g/mol. The summed E-state index contributed by atoms with van der Waals surface area (Å²) in [6.07, 6.45) is 2.87. The highest BCUT2D eigenvalue weighted by atomic mass is 16.5. The van der Waals surface area contributed by atoms with Crippen molar-refractivity contribution in [1.29, 1.82) is 0 Å². The number of anilines is 1. The Kier molecular flexibility index (Phi) is 3.93. The Morgan fingerprint density at radius 3 is 2.80 bits per heavy atom. The molecule has 0 unspecified atom stereocenters. The summed E-state index contributed by atoms with van der Waals surface area (Å²) in [5, 5.41) is 0. The van der Waals surface area contributed by atoms with Gasteiger partial charge in [-0.1, -0.05) is 0 Å². The highest BCUT2D eigenvalue weighted by Gasteiger charge is 2.27. The van der Waals surface area contributed by atoms with Gasteiger partial charge in [-0.2, -0.15) is 0 Å². The predicted molar refractivity (Wildman–Crippen MR) is 74.7 cm³/mol. The van der Waals surface area contributed by atoms with Gasteiger partial charge in [-0.15, -0.1) is 0 Å². The lowest BCUT2D eigenvalue weighted by Crippen LogP contribution is -2.45. The quantitative estimate of drug-likeness (QED) is 0.799. The number of hydrogen-bond acceptors (Lipinski definition) is 5. The molecule has 2 aliphatic rings. The third kappa shape index (κ3) is 2.66. The second-order valence-corrected chi connectivity index (χ2v) is 5.26. The molecule has 3 rings (SSSR count). The van der Waals surface area contributed by atoms with Crippen molar-refractivity contribution in [3.63, 3.8) is 0 Å². The van der Waals surface area contributed by atoms with Crippen molar-refractivity contribution >= 4 is 11.7 Å². The molecular formula is C14H20N4O2. The highest BCUT2D eigenvalue weighted by molar-refractivity contribution is 5.95. The number of hydrogen-bond donors (Lipinski definition) is 0. The number of fused-ring (bicyclic) bond motifs is 1.